The molecule has 0 amide bonds. The first-order valence-electron chi connectivity index (χ1n) is 7.35. The number of aryl methyl sites for hydroxylation is 1. The first-order chi connectivity index (χ1) is 11.2. The lowest BCUT2D eigenvalue weighted by Gasteiger charge is -2.10. The highest BCUT2D eigenvalue weighted by Gasteiger charge is 2.02. The minimum Gasteiger partial charge on any atom is -0.366 e. The molecule has 1 aromatic heterocycles. The van der Waals surface area contributed by atoms with Crippen LogP contribution in [0.25, 0.3) is 0 Å². The van der Waals surface area contributed by atoms with Crippen molar-refractivity contribution < 1.29 is 4.39 Å². The van der Waals surface area contributed by atoms with Gasteiger partial charge in [0.05, 0.1) is 0 Å². The van der Waals surface area contributed by atoms with Gasteiger partial charge in [0.25, 0.3) is 0 Å². The maximum absolute atomic E-state index is 12.9. The number of anilines is 3. The Labute approximate surface area is 134 Å². The van der Waals surface area contributed by atoms with Crippen molar-refractivity contribution in [1.82, 2.24) is 9.97 Å². The highest BCUT2D eigenvalue weighted by atomic mass is 19.1. The second-order valence-corrected chi connectivity index (χ2v) is 5.19. The van der Waals surface area contributed by atoms with E-state index in [0.29, 0.717) is 18.3 Å². The highest BCUT2D eigenvalue weighted by Crippen LogP contribution is 2.18. The van der Waals surface area contributed by atoms with E-state index in [1.165, 1.54) is 12.1 Å². The Morgan fingerprint density at radius 3 is 2.57 bits per heavy atom. The predicted octanol–water partition coefficient (Wildman–Crippen LogP) is 4.28. The van der Waals surface area contributed by atoms with Crippen molar-refractivity contribution >= 4 is 17.5 Å². The maximum Gasteiger partial charge on any atom is 0.229 e. The van der Waals surface area contributed by atoms with Gasteiger partial charge in [-0.05, 0) is 42.3 Å². The van der Waals surface area contributed by atoms with Crippen LogP contribution in [0.5, 0.6) is 0 Å². The van der Waals surface area contributed by atoms with Crippen molar-refractivity contribution in [2.45, 2.75) is 13.5 Å². The molecule has 0 unspecified atom stereocenters. The van der Waals surface area contributed by atoms with Crippen molar-refractivity contribution in [2.24, 2.45) is 0 Å². The van der Waals surface area contributed by atoms with Crippen LogP contribution in [0.4, 0.5) is 21.8 Å². The number of hydrogen-bond donors (Lipinski definition) is 2. The Morgan fingerprint density at radius 1 is 1.00 bits per heavy atom. The zero-order valence-electron chi connectivity index (χ0n) is 12.8. The number of aromatic nitrogens is 2. The van der Waals surface area contributed by atoms with Gasteiger partial charge in [-0.25, -0.2) is 9.37 Å². The molecule has 1 heterocycles. The number of nitrogens with one attached hydrogen (secondary N) is 2. The first kappa shape index (κ1) is 15.0. The Kier molecular flexibility index (Phi) is 4.47. The van der Waals surface area contributed by atoms with Gasteiger partial charge in [-0.3, -0.25) is 0 Å². The van der Waals surface area contributed by atoms with Gasteiger partial charge in [0.15, 0.2) is 0 Å². The Bertz CT molecular complexity index is 787. The monoisotopic (exact) mass is 308 g/mol. The van der Waals surface area contributed by atoms with Gasteiger partial charge in [0.2, 0.25) is 5.95 Å². The standard InChI is InChI=1S/C18H17FN4/c1-13-4-2-3-5-16(13)22-18-20-11-10-17(23-18)21-12-14-6-8-15(19)9-7-14/h2-11H,12H2,1H3,(H2,20,21,22,23). The lowest BCUT2D eigenvalue weighted by atomic mass is 10.2. The van der Waals surface area contributed by atoms with Crippen molar-refractivity contribution in [1.29, 1.82) is 0 Å². The molecule has 0 atom stereocenters. The Balaban J connectivity index is 1.67. The molecule has 0 radical (unpaired) electrons. The fraction of sp³-hybridized carbons (Fsp3) is 0.111. The smallest absolute Gasteiger partial charge is 0.229 e. The van der Waals surface area contributed by atoms with E-state index in [0.717, 1.165) is 16.8 Å². The molecule has 116 valence electrons. The van der Waals surface area contributed by atoms with Crippen LogP contribution in [0.1, 0.15) is 11.1 Å². The molecule has 0 bridgehead atoms. The highest BCUT2D eigenvalue weighted by molar-refractivity contribution is 5.58. The summed E-state index contributed by atoms with van der Waals surface area (Å²) in [5.41, 5.74) is 3.09. The molecule has 0 aliphatic heterocycles. The number of nitrogens with zero attached hydrogens (tertiary/aromatic N) is 2. The van der Waals surface area contributed by atoms with Crippen molar-refractivity contribution in [3.63, 3.8) is 0 Å². The molecule has 0 fully saturated rings. The fourth-order valence-electron chi connectivity index (χ4n) is 2.15. The van der Waals surface area contributed by atoms with Crippen molar-refractivity contribution in [2.75, 3.05) is 10.6 Å². The zero-order chi connectivity index (χ0) is 16.1. The van der Waals surface area contributed by atoms with E-state index in [2.05, 4.69) is 20.6 Å². The summed E-state index contributed by atoms with van der Waals surface area (Å²) in [4.78, 5) is 8.66. The van der Waals surface area contributed by atoms with Crippen LogP contribution < -0.4 is 10.6 Å². The third-order valence-corrected chi connectivity index (χ3v) is 3.43. The van der Waals surface area contributed by atoms with Crippen molar-refractivity contribution in [3.05, 3.63) is 77.7 Å². The summed E-state index contributed by atoms with van der Waals surface area (Å²) in [5, 5.41) is 6.41. The van der Waals surface area contributed by atoms with Gasteiger partial charge in [-0.2, -0.15) is 4.98 Å². The van der Waals surface area contributed by atoms with Gasteiger partial charge >= 0.3 is 0 Å². The van der Waals surface area contributed by atoms with E-state index < -0.39 is 0 Å². The summed E-state index contributed by atoms with van der Waals surface area (Å²) in [6.07, 6.45) is 1.70. The summed E-state index contributed by atoms with van der Waals surface area (Å²) in [5.74, 6) is 1.00. The van der Waals surface area contributed by atoms with Crippen molar-refractivity contribution in [3.8, 4) is 0 Å². The number of benzene rings is 2. The third kappa shape index (κ3) is 4.03. The minimum atomic E-state index is -0.236. The molecule has 2 N–H and O–H groups in total. The maximum atomic E-state index is 12.9. The van der Waals surface area contributed by atoms with E-state index in [4.69, 9.17) is 0 Å². The molecule has 3 aromatic rings. The molecule has 0 aliphatic carbocycles. The molecule has 0 saturated heterocycles. The van der Waals surface area contributed by atoms with E-state index in [-0.39, 0.29) is 5.82 Å². The number of rotatable bonds is 5. The molecular weight excluding hydrogens is 291 g/mol. The molecule has 5 heteroatoms. The minimum absolute atomic E-state index is 0.236. The second kappa shape index (κ2) is 6.87. The van der Waals surface area contributed by atoms with Crippen LogP contribution in [0.3, 0.4) is 0 Å². The molecule has 0 spiro atoms. The summed E-state index contributed by atoms with van der Waals surface area (Å²) in [6.45, 7) is 2.60. The number of halogens is 1. The largest absolute Gasteiger partial charge is 0.366 e. The average molecular weight is 308 g/mol. The molecule has 0 saturated carbocycles. The van der Waals surface area contributed by atoms with Crippen LogP contribution in [0.2, 0.25) is 0 Å². The zero-order valence-corrected chi connectivity index (χ0v) is 12.8. The molecule has 0 aliphatic rings. The van der Waals surface area contributed by atoms with Gasteiger partial charge in [-0.1, -0.05) is 30.3 Å². The third-order valence-electron chi connectivity index (χ3n) is 3.43. The second-order valence-electron chi connectivity index (χ2n) is 5.19. The van der Waals surface area contributed by atoms with Gasteiger partial charge < -0.3 is 10.6 Å². The molecule has 4 nitrogen and oxygen atoms in total. The van der Waals surface area contributed by atoms with E-state index in [9.17, 15) is 4.39 Å². The van der Waals surface area contributed by atoms with E-state index >= 15 is 0 Å². The summed E-state index contributed by atoms with van der Waals surface area (Å²) in [7, 11) is 0. The SMILES string of the molecule is Cc1ccccc1Nc1nccc(NCc2ccc(F)cc2)n1. The Morgan fingerprint density at radius 2 is 1.78 bits per heavy atom. The van der Waals surface area contributed by atoms with Crippen LogP contribution in [-0.2, 0) is 6.54 Å². The van der Waals surface area contributed by atoms with Crippen LogP contribution in [-0.4, -0.2) is 9.97 Å². The lowest BCUT2D eigenvalue weighted by Crippen LogP contribution is -2.04. The molecule has 2 aromatic carbocycles. The quantitative estimate of drug-likeness (QED) is 0.738. The average Bonchev–Trinajstić information content (AvgIpc) is 2.57. The summed E-state index contributed by atoms with van der Waals surface area (Å²) >= 11 is 0. The van der Waals surface area contributed by atoms with Crippen LogP contribution in [0.15, 0.2) is 60.8 Å². The van der Waals surface area contributed by atoms with Gasteiger partial charge in [0.1, 0.15) is 11.6 Å². The van der Waals surface area contributed by atoms with Crippen LogP contribution >= 0.6 is 0 Å². The molecule has 3 rings (SSSR count). The fourth-order valence-corrected chi connectivity index (χ4v) is 2.15. The number of para-hydroxylation sites is 1. The van der Waals surface area contributed by atoms with Gasteiger partial charge in [-0.15, -0.1) is 0 Å². The summed E-state index contributed by atoms with van der Waals surface area (Å²) in [6, 6.07) is 16.1. The summed E-state index contributed by atoms with van der Waals surface area (Å²) < 4.78 is 12.9. The van der Waals surface area contributed by atoms with E-state index in [1.54, 1.807) is 24.4 Å². The predicted molar refractivity (Wildman–Crippen MR) is 90.2 cm³/mol. The van der Waals surface area contributed by atoms with E-state index in [1.807, 2.05) is 31.2 Å². The number of hydrogen-bond acceptors (Lipinski definition) is 4. The molecule has 23 heavy (non-hydrogen) atoms. The topological polar surface area (TPSA) is 49.8 Å². The molecular formula is C18H17FN4. The van der Waals surface area contributed by atoms with Crippen LogP contribution in [0, 0.1) is 12.7 Å². The normalized spacial score (nSPS) is 10.3. The lowest BCUT2D eigenvalue weighted by molar-refractivity contribution is 0.627. The Hall–Kier alpha value is -2.95. The first-order valence-corrected chi connectivity index (χ1v) is 7.35. The van der Waals surface area contributed by atoms with Gasteiger partial charge in [0, 0.05) is 18.4 Å².